The molecule has 1 aromatic rings. The number of aliphatic hydroxyl groups is 1. The number of rotatable bonds is 5. The zero-order valence-electron chi connectivity index (χ0n) is 10.9. The minimum absolute atomic E-state index is 0.279. The quantitative estimate of drug-likeness (QED) is 0.820. The van der Waals surface area contributed by atoms with Crippen molar-refractivity contribution >= 4 is 5.97 Å². The molecule has 4 heteroatoms. The smallest absolute Gasteiger partial charge is 0.311 e. The van der Waals surface area contributed by atoms with Gasteiger partial charge in [-0.15, -0.1) is 0 Å². The number of carbonyl (C=O) groups is 1. The van der Waals surface area contributed by atoms with E-state index < -0.39 is 17.5 Å². The highest BCUT2D eigenvalue weighted by molar-refractivity contribution is 5.73. The van der Waals surface area contributed by atoms with Gasteiger partial charge in [-0.25, -0.2) is 4.39 Å². The first-order chi connectivity index (χ1) is 8.40. The lowest BCUT2D eigenvalue weighted by atomic mass is 9.82. The van der Waals surface area contributed by atoms with Gasteiger partial charge in [-0.1, -0.05) is 19.1 Å². The van der Waals surface area contributed by atoms with Gasteiger partial charge in [-0.3, -0.25) is 4.79 Å². The van der Waals surface area contributed by atoms with Crippen molar-refractivity contribution in [2.45, 2.75) is 32.3 Å². The van der Waals surface area contributed by atoms with Crippen molar-refractivity contribution in [2.24, 2.45) is 5.92 Å². The third-order valence-corrected chi connectivity index (χ3v) is 3.12. The van der Waals surface area contributed by atoms with Crippen LogP contribution in [0.25, 0.3) is 0 Å². The monoisotopic (exact) mass is 254 g/mol. The normalized spacial score (nSPS) is 15.8. The molecule has 18 heavy (non-hydrogen) atoms. The zero-order valence-corrected chi connectivity index (χ0v) is 10.9. The Hall–Kier alpha value is -1.42. The fraction of sp³-hybridized carbons (Fsp3) is 0.500. The third-order valence-electron chi connectivity index (χ3n) is 3.12. The lowest BCUT2D eigenvalue weighted by Crippen LogP contribution is -2.41. The van der Waals surface area contributed by atoms with E-state index >= 15 is 0 Å². The molecule has 1 aromatic carbocycles. The van der Waals surface area contributed by atoms with Crippen LogP contribution in [0.1, 0.15) is 25.8 Å². The highest BCUT2D eigenvalue weighted by Crippen LogP contribution is 2.26. The number of hydrogen-bond donors (Lipinski definition) is 1. The molecule has 1 N–H and O–H groups in total. The van der Waals surface area contributed by atoms with Gasteiger partial charge >= 0.3 is 5.97 Å². The molecular weight excluding hydrogens is 235 g/mol. The maximum absolute atomic E-state index is 12.8. The van der Waals surface area contributed by atoms with Crippen LogP contribution in [0.15, 0.2) is 24.3 Å². The largest absolute Gasteiger partial charge is 0.469 e. The van der Waals surface area contributed by atoms with E-state index in [1.807, 2.05) is 6.92 Å². The van der Waals surface area contributed by atoms with Gasteiger partial charge < -0.3 is 9.84 Å². The molecule has 2 unspecified atom stereocenters. The number of hydrogen-bond acceptors (Lipinski definition) is 3. The van der Waals surface area contributed by atoms with Crippen LogP contribution >= 0.6 is 0 Å². The second kappa shape index (κ2) is 5.96. The minimum atomic E-state index is -1.21. The summed E-state index contributed by atoms with van der Waals surface area (Å²) in [7, 11) is 1.30. The fourth-order valence-electron chi connectivity index (χ4n) is 2.14. The third kappa shape index (κ3) is 3.53. The topological polar surface area (TPSA) is 46.5 Å². The van der Waals surface area contributed by atoms with Gasteiger partial charge in [-0.2, -0.15) is 0 Å². The maximum Gasteiger partial charge on any atom is 0.311 e. The van der Waals surface area contributed by atoms with Crippen LogP contribution in [0.2, 0.25) is 0 Å². The number of benzene rings is 1. The molecule has 0 heterocycles. The number of carbonyl (C=O) groups excluding carboxylic acids is 1. The summed E-state index contributed by atoms with van der Waals surface area (Å²) < 4.78 is 17.5. The zero-order chi connectivity index (χ0) is 13.8. The predicted octanol–water partition coefficient (Wildman–Crippen LogP) is 2.32. The van der Waals surface area contributed by atoms with Gasteiger partial charge in [0.05, 0.1) is 18.6 Å². The Morgan fingerprint density at radius 3 is 2.44 bits per heavy atom. The molecule has 0 aromatic heterocycles. The molecule has 3 nitrogen and oxygen atoms in total. The lowest BCUT2D eigenvalue weighted by Gasteiger charge is -2.30. The van der Waals surface area contributed by atoms with E-state index in [-0.39, 0.29) is 12.2 Å². The highest BCUT2D eigenvalue weighted by atomic mass is 19.1. The van der Waals surface area contributed by atoms with Crippen LogP contribution in [-0.4, -0.2) is 23.8 Å². The van der Waals surface area contributed by atoms with E-state index in [1.54, 1.807) is 19.1 Å². The van der Waals surface area contributed by atoms with Gasteiger partial charge in [0, 0.05) is 6.42 Å². The predicted molar refractivity (Wildman–Crippen MR) is 66.5 cm³/mol. The average Bonchev–Trinajstić information content (AvgIpc) is 2.32. The van der Waals surface area contributed by atoms with Crippen LogP contribution in [-0.2, 0) is 16.0 Å². The van der Waals surface area contributed by atoms with Crippen molar-refractivity contribution in [1.82, 2.24) is 0 Å². The van der Waals surface area contributed by atoms with E-state index in [0.29, 0.717) is 6.42 Å². The second-order valence-electron chi connectivity index (χ2n) is 4.64. The van der Waals surface area contributed by atoms with E-state index in [9.17, 15) is 14.3 Å². The van der Waals surface area contributed by atoms with Crippen molar-refractivity contribution < 1.29 is 19.0 Å². The molecule has 0 bridgehead atoms. The molecular formula is C14H19FO3. The average molecular weight is 254 g/mol. The molecule has 100 valence electrons. The SMILES string of the molecule is CCC(C(=O)OC)C(C)(O)Cc1ccc(F)cc1. The van der Waals surface area contributed by atoms with Crippen molar-refractivity contribution in [1.29, 1.82) is 0 Å². The molecule has 0 fully saturated rings. The number of methoxy groups -OCH3 is 1. The molecule has 1 rings (SSSR count). The van der Waals surface area contributed by atoms with Crippen LogP contribution < -0.4 is 0 Å². The van der Waals surface area contributed by atoms with Crippen LogP contribution in [0, 0.1) is 11.7 Å². The molecule has 0 aliphatic carbocycles. The molecule has 0 saturated heterocycles. The molecule has 0 radical (unpaired) electrons. The summed E-state index contributed by atoms with van der Waals surface area (Å²) in [4.78, 5) is 11.6. The maximum atomic E-state index is 12.8. The van der Waals surface area contributed by atoms with Crippen molar-refractivity contribution in [3.05, 3.63) is 35.6 Å². The summed E-state index contributed by atoms with van der Waals surface area (Å²) in [6.45, 7) is 3.42. The summed E-state index contributed by atoms with van der Waals surface area (Å²) in [6, 6.07) is 5.89. The van der Waals surface area contributed by atoms with Crippen molar-refractivity contribution in [3.8, 4) is 0 Å². The first-order valence-electron chi connectivity index (χ1n) is 5.95. The Morgan fingerprint density at radius 2 is 2.00 bits per heavy atom. The Labute approximate surface area is 107 Å². The van der Waals surface area contributed by atoms with Gasteiger partial charge in [-0.05, 0) is 31.0 Å². The molecule has 0 aliphatic rings. The van der Waals surface area contributed by atoms with E-state index in [4.69, 9.17) is 0 Å². The minimum Gasteiger partial charge on any atom is -0.469 e. The van der Waals surface area contributed by atoms with Crippen molar-refractivity contribution in [2.75, 3.05) is 7.11 Å². The molecule has 0 aliphatic heterocycles. The number of halogens is 1. The van der Waals surface area contributed by atoms with Crippen LogP contribution in [0.4, 0.5) is 4.39 Å². The first-order valence-corrected chi connectivity index (χ1v) is 5.95. The summed E-state index contributed by atoms with van der Waals surface area (Å²) in [6.07, 6.45) is 0.766. The van der Waals surface area contributed by atoms with Gasteiger partial charge in [0.1, 0.15) is 5.82 Å². The standard InChI is InChI=1S/C14H19FO3/c1-4-12(13(16)18-3)14(2,17)9-10-5-7-11(15)8-6-10/h5-8,12,17H,4,9H2,1-3H3. The summed E-state index contributed by atoms with van der Waals surface area (Å²) in [5.41, 5.74) is -0.427. The van der Waals surface area contributed by atoms with Gasteiger partial charge in [0.25, 0.3) is 0 Å². The molecule has 2 atom stereocenters. The van der Waals surface area contributed by atoms with Crippen LogP contribution in [0.3, 0.4) is 0 Å². The fourth-order valence-corrected chi connectivity index (χ4v) is 2.14. The Kier molecular flexibility index (Phi) is 4.84. The van der Waals surface area contributed by atoms with E-state index in [2.05, 4.69) is 4.74 Å². The molecule has 0 spiro atoms. The number of esters is 1. The van der Waals surface area contributed by atoms with E-state index in [0.717, 1.165) is 5.56 Å². The Balaban J connectivity index is 2.85. The lowest BCUT2D eigenvalue weighted by molar-refractivity contribution is -0.154. The highest BCUT2D eigenvalue weighted by Gasteiger charge is 2.36. The van der Waals surface area contributed by atoms with Gasteiger partial charge in [0.15, 0.2) is 0 Å². The van der Waals surface area contributed by atoms with Gasteiger partial charge in [0.2, 0.25) is 0 Å². The summed E-state index contributed by atoms with van der Waals surface area (Å²) in [5, 5.41) is 10.4. The second-order valence-corrected chi connectivity index (χ2v) is 4.64. The van der Waals surface area contributed by atoms with E-state index in [1.165, 1.54) is 19.2 Å². The van der Waals surface area contributed by atoms with Crippen LogP contribution in [0.5, 0.6) is 0 Å². The summed E-state index contributed by atoms with van der Waals surface area (Å²) >= 11 is 0. The molecule has 0 amide bonds. The first kappa shape index (κ1) is 14.6. The molecule has 0 saturated carbocycles. The Bertz CT molecular complexity index is 398. The van der Waals surface area contributed by atoms with Crippen molar-refractivity contribution in [3.63, 3.8) is 0 Å². The number of ether oxygens (including phenoxy) is 1. The Morgan fingerprint density at radius 1 is 1.44 bits per heavy atom. The summed E-state index contributed by atoms with van der Waals surface area (Å²) in [5.74, 6) is -1.34.